The van der Waals surface area contributed by atoms with Gasteiger partial charge in [0.05, 0.1) is 6.26 Å². The second-order valence-electron chi connectivity index (χ2n) is 8.25. The zero-order valence-corrected chi connectivity index (χ0v) is 20.9. The molecule has 1 aliphatic rings. The fraction of sp³-hybridized carbons (Fsp3) is 0.160. The van der Waals surface area contributed by atoms with Gasteiger partial charge in [0, 0.05) is 12.7 Å². The molecule has 0 radical (unpaired) electrons. The molecule has 0 aromatic heterocycles. The molecule has 38 heavy (non-hydrogen) atoms. The Kier molecular flexibility index (Phi) is 7.82. The molecule has 1 atom stereocenters. The Bertz CT molecular complexity index is 1480. The van der Waals surface area contributed by atoms with Crippen LogP contribution in [0.5, 0.6) is 0 Å². The van der Waals surface area contributed by atoms with Gasteiger partial charge in [-0.15, -0.1) is 0 Å². The number of guanidine groups is 1. The molecule has 9 nitrogen and oxygen atoms in total. The molecule has 1 aliphatic heterocycles. The fourth-order valence-corrected chi connectivity index (χ4v) is 4.30. The van der Waals surface area contributed by atoms with E-state index in [2.05, 4.69) is 9.71 Å². The number of rotatable bonds is 5. The average Bonchev–Trinajstić information content (AvgIpc) is 3.09. The Labute approximate surface area is 216 Å². The smallest absolute Gasteiger partial charge is 0.475 e. The van der Waals surface area contributed by atoms with Crippen LogP contribution >= 0.6 is 0 Å². The van der Waals surface area contributed by atoms with Gasteiger partial charge in [-0.3, -0.25) is 14.4 Å². The Morgan fingerprint density at radius 3 is 2.00 bits per heavy atom. The van der Waals surface area contributed by atoms with Crippen LogP contribution < -0.4 is 10.5 Å². The highest BCUT2D eigenvalue weighted by atomic mass is 32.2. The van der Waals surface area contributed by atoms with Crippen LogP contribution in [-0.4, -0.2) is 55.7 Å². The molecule has 3 aromatic carbocycles. The molecule has 0 spiro atoms. The quantitative estimate of drug-likeness (QED) is 0.446. The predicted molar refractivity (Wildman–Crippen MR) is 136 cm³/mol. The number of benzene rings is 3. The van der Waals surface area contributed by atoms with Crippen LogP contribution in [0, 0.1) is 0 Å². The molecule has 1 unspecified atom stereocenters. The number of hydrogen-bond donors (Lipinski definition) is 3. The highest BCUT2D eigenvalue weighted by Gasteiger charge is 2.49. The molecule has 0 saturated heterocycles. The van der Waals surface area contributed by atoms with Crippen molar-refractivity contribution in [1.29, 1.82) is 0 Å². The molecule has 4 N–H and O–H groups in total. The largest absolute Gasteiger partial charge is 0.490 e. The first-order valence-electron chi connectivity index (χ1n) is 10.8. The summed E-state index contributed by atoms with van der Waals surface area (Å²) >= 11 is 0. The van der Waals surface area contributed by atoms with Crippen LogP contribution in [0.15, 0.2) is 83.9 Å². The topological polar surface area (TPSA) is 142 Å². The molecule has 4 rings (SSSR count). The summed E-state index contributed by atoms with van der Waals surface area (Å²) in [6, 6.07) is 24.0. The molecule has 0 bridgehead atoms. The lowest BCUT2D eigenvalue weighted by Gasteiger charge is -2.26. The lowest BCUT2D eigenvalue weighted by Crippen LogP contribution is -2.41. The first-order valence-corrected chi connectivity index (χ1v) is 12.7. The number of aliphatic imine (C=N–C) groups is 1. The van der Waals surface area contributed by atoms with Crippen LogP contribution in [0.3, 0.4) is 0 Å². The Hall–Kier alpha value is -4.39. The van der Waals surface area contributed by atoms with Crippen molar-refractivity contribution >= 4 is 33.5 Å². The normalized spacial score (nSPS) is 17.3. The van der Waals surface area contributed by atoms with Gasteiger partial charge in [0.25, 0.3) is 5.91 Å². The molecule has 1 heterocycles. The number of amides is 1. The van der Waals surface area contributed by atoms with Gasteiger partial charge in [-0.2, -0.15) is 13.2 Å². The van der Waals surface area contributed by atoms with Crippen molar-refractivity contribution in [3.63, 3.8) is 0 Å². The first kappa shape index (κ1) is 28.2. The number of likely N-dealkylation sites (N-methyl/N-ethyl adjacent to an activating group) is 1. The number of hydrogen-bond acceptors (Lipinski definition) is 6. The van der Waals surface area contributed by atoms with Gasteiger partial charge in [-0.1, -0.05) is 60.7 Å². The van der Waals surface area contributed by atoms with E-state index in [0.717, 1.165) is 22.9 Å². The fourth-order valence-electron chi connectivity index (χ4n) is 3.73. The summed E-state index contributed by atoms with van der Waals surface area (Å²) in [6.45, 7) is 0. The number of carboxylic acid groups (broad SMARTS) is 1. The van der Waals surface area contributed by atoms with Gasteiger partial charge in [0.2, 0.25) is 10.0 Å². The number of carboxylic acids is 1. The number of carbonyl (C=O) groups excluding carboxylic acids is 1. The Balaban J connectivity index is 0.000000505. The molecular formula is C25H23F3N4O5S. The van der Waals surface area contributed by atoms with E-state index in [1.165, 1.54) is 4.90 Å². The summed E-state index contributed by atoms with van der Waals surface area (Å²) < 4.78 is 57.0. The van der Waals surface area contributed by atoms with Crippen molar-refractivity contribution in [3.8, 4) is 11.1 Å². The summed E-state index contributed by atoms with van der Waals surface area (Å²) in [5.41, 5.74) is 8.44. The second kappa shape index (κ2) is 10.5. The van der Waals surface area contributed by atoms with Gasteiger partial charge in [-0.25, -0.2) is 18.2 Å². The van der Waals surface area contributed by atoms with Crippen LogP contribution in [0.1, 0.15) is 11.1 Å². The third-order valence-electron chi connectivity index (χ3n) is 5.48. The van der Waals surface area contributed by atoms with Gasteiger partial charge < -0.3 is 10.8 Å². The van der Waals surface area contributed by atoms with E-state index < -0.39 is 27.7 Å². The third-order valence-corrected chi connectivity index (χ3v) is 6.08. The van der Waals surface area contributed by atoms with Crippen molar-refractivity contribution in [2.75, 3.05) is 18.0 Å². The van der Waals surface area contributed by atoms with E-state index in [1.54, 1.807) is 19.2 Å². The number of anilines is 1. The third kappa shape index (κ3) is 6.11. The minimum atomic E-state index is -5.08. The molecule has 13 heteroatoms. The second-order valence-corrected chi connectivity index (χ2v) is 9.99. The van der Waals surface area contributed by atoms with Crippen LogP contribution in [-0.2, 0) is 25.2 Å². The minimum Gasteiger partial charge on any atom is -0.475 e. The molecule has 0 saturated carbocycles. The van der Waals surface area contributed by atoms with Crippen LogP contribution in [0.2, 0.25) is 0 Å². The minimum absolute atomic E-state index is 0.162. The molecular weight excluding hydrogens is 525 g/mol. The number of nitrogens with two attached hydrogens (primary N) is 1. The summed E-state index contributed by atoms with van der Waals surface area (Å²) in [7, 11) is -1.73. The van der Waals surface area contributed by atoms with Crippen molar-refractivity contribution in [1.82, 2.24) is 4.90 Å². The van der Waals surface area contributed by atoms with E-state index in [-0.39, 0.29) is 11.9 Å². The zero-order valence-electron chi connectivity index (χ0n) is 20.1. The standard InChI is InChI=1S/C23H22N4O3S.C2HF3O2/c1-27-21(28)23(25-22(27)24,18-8-4-3-5-9-18)19-10-6-7-17(15-19)16-11-13-20(14-12-16)26-31(2,29)30;3-2(4,5)1(6)7/h3-15,26H,1-2H3,(H2,24,25);(H,6,7). The molecule has 3 aromatic rings. The van der Waals surface area contributed by atoms with Crippen molar-refractivity contribution in [2.45, 2.75) is 11.7 Å². The number of carbonyl (C=O) groups is 2. The van der Waals surface area contributed by atoms with Crippen molar-refractivity contribution in [3.05, 3.63) is 90.0 Å². The maximum atomic E-state index is 13.3. The maximum Gasteiger partial charge on any atom is 0.490 e. The van der Waals surface area contributed by atoms with Crippen molar-refractivity contribution < 1.29 is 36.3 Å². The van der Waals surface area contributed by atoms with E-state index in [9.17, 15) is 26.4 Å². The summed E-state index contributed by atoms with van der Waals surface area (Å²) in [5.74, 6) is -2.82. The summed E-state index contributed by atoms with van der Waals surface area (Å²) in [5, 5.41) is 7.12. The molecule has 0 fully saturated rings. The Morgan fingerprint density at radius 2 is 1.53 bits per heavy atom. The van der Waals surface area contributed by atoms with Gasteiger partial charge in [0.15, 0.2) is 11.5 Å². The first-order chi connectivity index (χ1) is 17.6. The number of halogens is 3. The molecule has 200 valence electrons. The zero-order chi connectivity index (χ0) is 28.3. The summed E-state index contributed by atoms with van der Waals surface area (Å²) in [6.07, 6.45) is -3.98. The van der Waals surface area contributed by atoms with E-state index in [1.807, 2.05) is 66.7 Å². The van der Waals surface area contributed by atoms with Gasteiger partial charge >= 0.3 is 12.1 Å². The molecule has 0 aliphatic carbocycles. The van der Waals surface area contributed by atoms with Gasteiger partial charge in [-0.05, 0) is 40.5 Å². The highest BCUT2D eigenvalue weighted by Crippen LogP contribution is 2.40. The number of nitrogens with zero attached hydrogens (tertiary/aromatic N) is 2. The predicted octanol–water partition coefficient (Wildman–Crippen LogP) is 3.39. The van der Waals surface area contributed by atoms with Crippen LogP contribution in [0.25, 0.3) is 11.1 Å². The Morgan fingerprint density at radius 1 is 0.974 bits per heavy atom. The maximum absolute atomic E-state index is 13.3. The number of nitrogens with one attached hydrogen (secondary N) is 1. The van der Waals surface area contributed by atoms with Crippen molar-refractivity contribution in [2.24, 2.45) is 10.7 Å². The monoisotopic (exact) mass is 548 g/mol. The van der Waals surface area contributed by atoms with E-state index in [4.69, 9.17) is 15.6 Å². The molecule has 1 amide bonds. The van der Waals surface area contributed by atoms with Crippen LogP contribution in [0.4, 0.5) is 18.9 Å². The van der Waals surface area contributed by atoms with Gasteiger partial charge in [0.1, 0.15) is 0 Å². The number of aliphatic carboxylic acids is 1. The lowest BCUT2D eigenvalue weighted by molar-refractivity contribution is -0.192. The van der Waals surface area contributed by atoms with E-state index >= 15 is 0 Å². The summed E-state index contributed by atoms with van der Waals surface area (Å²) in [4.78, 5) is 28.2. The number of alkyl halides is 3. The lowest BCUT2D eigenvalue weighted by atomic mass is 9.82. The highest BCUT2D eigenvalue weighted by molar-refractivity contribution is 7.92. The average molecular weight is 549 g/mol. The van der Waals surface area contributed by atoms with E-state index in [0.29, 0.717) is 11.3 Å². The number of sulfonamides is 1. The SMILES string of the molecule is CN1C(=O)C(c2ccccc2)(c2cccc(-c3ccc(NS(C)(=O)=O)cc3)c2)N=C1N.O=C(O)C(F)(F)F.